The van der Waals surface area contributed by atoms with E-state index in [0.29, 0.717) is 37.7 Å². The van der Waals surface area contributed by atoms with Gasteiger partial charge in [-0.05, 0) is 62.3 Å². The fourth-order valence-electron chi connectivity index (χ4n) is 3.68. The van der Waals surface area contributed by atoms with E-state index in [0.717, 1.165) is 30.9 Å². The summed E-state index contributed by atoms with van der Waals surface area (Å²) in [6.07, 6.45) is 5.44. The van der Waals surface area contributed by atoms with Gasteiger partial charge in [0.25, 0.3) is 5.91 Å². The van der Waals surface area contributed by atoms with Crippen molar-refractivity contribution in [3.8, 4) is 0 Å². The molecule has 0 radical (unpaired) electrons. The predicted molar refractivity (Wildman–Crippen MR) is 93.0 cm³/mol. The van der Waals surface area contributed by atoms with Gasteiger partial charge in [-0.2, -0.15) is 0 Å². The number of fused-ring (bicyclic) bond motifs is 1. The van der Waals surface area contributed by atoms with Crippen LogP contribution in [-0.4, -0.2) is 42.4 Å². The highest BCUT2D eigenvalue weighted by Crippen LogP contribution is 2.29. The van der Waals surface area contributed by atoms with Crippen molar-refractivity contribution in [1.82, 2.24) is 10.2 Å². The van der Waals surface area contributed by atoms with Crippen LogP contribution in [0.25, 0.3) is 0 Å². The van der Waals surface area contributed by atoms with Crippen molar-refractivity contribution in [3.63, 3.8) is 0 Å². The van der Waals surface area contributed by atoms with E-state index in [1.807, 2.05) is 0 Å². The first-order valence-electron chi connectivity index (χ1n) is 9.25. The zero-order valence-corrected chi connectivity index (χ0v) is 14.3. The molecule has 25 heavy (non-hydrogen) atoms. The number of nitrogens with one attached hydrogen (secondary N) is 2. The Balaban J connectivity index is 1.40. The van der Waals surface area contributed by atoms with Crippen LogP contribution in [0.5, 0.6) is 0 Å². The lowest BCUT2D eigenvalue weighted by Crippen LogP contribution is -2.45. The van der Waals surface area contributed by atoms with E-state index in [1.165, 1.54) is 18.9 Å². The molecule has 0 aromatic heterocycles. The average Bonchev–Trinajstić information content (AvgIpc) is 3.43. The number of aryl methyl sites for hydroxylation is 1. The number of benzene rings is 1. The number of anilines is 1. The molecule has 0 bridgehead atoms. The maximum absolute atomic E-state index is 14.4. The first-order chi connectivity index (χ1) is 12.1. The molecule has 2 N–H and O–H groups in total. The molecule has 1 aliphatic carbocycles. The third kappa shape index (κ3) is 3.68. The van der Waals surface area contributed by atoms with Crippen LogP contribution in [0, 0.1) is 11.7 Å². The van der Waals surface area contributed by atoms with Gasteiger partial charge < -0.3 is 15.5 Å². The van der Waals surface area contributed by atoms with Crippen molar-refractivity contribution in [2.24, 2.45) is 5.92 Å². The van der Waals surface area contributed by atoms with Crippen molar-refractivity contribution in [3.05, 3.63) is 29.1 Å². The Morgan fingerprint density at radius 1 is 1.20 bits per heavy atom. The largest absolute Gasteiger partial charge is 0.338 e. The molecule has 0 atom stereocenters. The van der Waals surface area contributed by atoms with Crippen LogP contribution >= 0.6 is 0 Å². The van der Waals surface area contributed by atoms with Gasteiger partial charge in [0.05, 0.1) is 5.56 Å². The zero-order chi connectivity index (χ0) is 17.4. The first-order valence-corrected chi connectivity index (χ1v) is 9.25. The van der Waals surface area contributed by atoms with Crippen molar-refractivity contribution >= 4 is 17.5 Å². The zero-order valence-electron chi connectivity index (χ0n) is 14.3. The Kier molecular flexibility index (Phi) is 4.46. The summed E-state index contributed by atoms with van der Waals surface area (Å²) < 4.78 is 14.4. The number of carbonyl (C=O) groups is 2. The Labute approximate surface area is 147 Å². The second kappa shape index (κ2) is 6.75. The topological polar surface area (TPSA) is 61.4 Å². The van der Waals surface area contributed by atoms with Crippen LogP contribution in [0.1, 0.15) is 48.0 Å². The van der Waals surface area contributed by atoms with Crippen molar-refractivity contribution in [2.75, 3.05) is 25.0 Å². The first kappa shape index (κ1) is 16.5. The molecule has 2 heterocycles. The van der Waals surface area contributed by atoms with Crippen molar-refractivity contribution in [2.45, 2.75) is 44.6 Å². The van der Waals surface area contributed by atoms with Crippen LogP contribution in [0.3, 0.4) is 0 Å². The van der Waals surface area contributed by atoms with E-state index in [-0.39, 0.29) is 17.4 Å². The summed E-state index contributed by atoms with van der Waals surface area (Å²) in [5, 5.41) is 6.26. The van der Waals surface area contributed by atoms with Crippen LogP contribution in [-0.2, 0) is 11.2 Å². The summed E-state index contributed by atoms with van der Waals surface area (Å²) in [5.41, 5.74) is 1.46. The number of hydrogen-bond acceptors (Lipinski definition) is 3. The summed E-state index contributed by atoms with van der Waals surface area (Å²) in [7, 11) is 0. The molecule has 5 nitrogen and oxygen atoms in total. The summed E-state index contributed by atoms with van der Waals surface area (Å²) in [6.45, 7) is 2.41. The van der Waals surface area contributed by atoms with E-state index in [4.69, 9.17) is 0 Å². The van der Waals surface area contributed by atoms with Gasteiger partial charge in [-0.1, -0.05) is 0 Å². The highest BCUT2D eigenvalue weighted by atomic mass is 19.1. The maximum atomic E-state index is 14.4. The second-order valence-electron chi connectivity index (χ2n) is 7.46. The maximum Gasteiger partial charge on any atom is 0.256 e. The normalized spacial score (nSPS) is 21.0. The standard InChI is InChI=1S/C19H24FN3O2/c20-16-10-17-13(3-4-18(24)22-17)9-15(16)19(25)23-7-5-14(6-8-23)21-11-12-1-2-12/h9-10,12,14,21H,1-8,11H2,(H,22,24). The SMILES string of the molecule is O=C1CCc2cc(C(=O)N3CCC(NCC4CC4)CC3)c(F)cc2N1. The van der Waals surface area contributed by atoms with Gasteiger partial charge in [-0.3, -0.25) is 9.59 Å². The lowest BCUT2D eigenvalue weighted by Gasteiger charge is -2.33. The number of likely N-dealkylation sites (tertiary alicyclic amines) is 1. The Bertz CT molecular complexity index is 694. The number of nitrogens with zero attached hydrogens (tertiary/aromatic N) is 1. The summed E-state index contributed by atoms with van der Waals surface area (Å²) in [5.74, 6) is -0.0470. The molecule has 0 unspecified atom stereocenters. The van der Waals surface area contributed by atoms with Gasteiger partial charge in [0, 0.05) is 31.2 Å². The van der Waals surface area contributed by atoms with E-state index in [1.54, 1.807) is 11.0 Å². The average molecular weight is 345 g/mol. The van der Waals surface area contributed by atoms with E-state index in [2.05, 4.69) is 10.6 Å². The predicted octanol–water partition coefficient (Wildman–Crippen LogP) is 2.31. The minimum Gasteiger partial charge on any atom is -0.338 e. The lowest BCUT2D eigenvalue weighted by molar-refractivity contribution is -0.116. The third-order valence-electron chi connectivity index (χ3n) is 5.49. The van der Waals surface area contributed by atoms with Crippen LogP contribution in [0.4, 0.5) is 10.1 Å². The Hall–Kier alpha value is -1.95. The van der Waals surface area contributed by atoms with E-state index >= 15 is 0 Å². The molecule has 1 aromatic carbocycles. The molecule has 0 spiro atoms. The molecule has 3 aliphatic rings. The minimum absolute atomic E-state index is 0.105. The molecule has 2 aliphatic heterocycles. The highest BCUT2D eigenvalue weighted by molar-refractivity contribution is 5.98. The minimum atomic E-state index is -0.556. The summed E-state index contributed by atoms with van der Waals surface area (Å²) in [4.78, 5) is 25.9. The molecule has 4 rings (SSSR count). The van der Waals surface area contributed by atoms with Gasteiger partial charge in [-0.15, -0.1) is 0 Å². The van der Waals surface area contributed by atoms with Crippen LogP contribution in [0.15, 0.2) is 12.1 Å². The number of rotatable bonds is 4. The summed E-state index contributed by atoms with van der Waals surface area (Å²) in [6, 6.07) is 3.36. The molecular formula is C19H24FN3O2. The van der Waals surface area contributed by atoms with Gasteiger partial charge >= 0.3 is 0 Å². The molecule has 2 amide bonds. The third-order valence-corrected chi connectivity index (χ3v) is 5.49. The monoisotopic (exact) mass is 345 g/mol. The van der Waals surface area contributed by atoms with Crippen LogP contribution in [0.2, 0.25) is 0 Å². The van der Waals surface area contributed by atoms with Gasteiger partial charge in [0.15, 0.2) is 0 Å². The van der Waals surface area contributed by atoms with Gasteiger partial charge in [0.2, 0.25) is 5.91 Å². The second-order valence-corrected chi connectivity index (χ2v) is 7.46. The molecule has 2 fully saturated rings. The number of piperidine rings is 1. The van der Waals surface area contributed by atoms with E-state index in [9.17, 15) is 14.0 Å². The molecule has 1 saturated heterocycles. The van der Waals surface area contributed by atoms with Crippen molar-refractivity contribution < 1.29 is 14.0 Å². The molecule has 1 aromatic rings. The fourth-order valence-corrected chi connectivity index (χ4v) is 3.68. The molecule has 6 heteroatoms. The molecular weight excluding hydrogens is 321 g/mol. The van der Waals surface area contributed by atoms with E-state index < -0.39 is 5.82 Å². The number of halogens is 1. The smallest absolute Gasteiger partial charge is 0.256 e. The van der Waals surface area contributed by atoms with Crippen LogP contribution < -0.4 is 10.6 Å². The number of hydrogen-bond donors (Lipinski definition) is 2. The fraction of sp³-hybridized carbons (Fsp3) is 0.579. The lowest BCUT2D eigenvalue weighted by atomic mass is 9.98. The number of carbonyl (C=O) groups excluding carboxylic acids is 2. The Morgan fingerprint density at radius 2 is 1.96 bits per heavy atom. The van der Waals surface area contributed by atoms with Gasteiger partial charge in [0.1, 0.15) is 5.82 Å². The molecule has 1 saturated carbocycles. The summed E-state index contributed by atoms with van der Waals surface area (Å²) >= 11 is 0. The number of amides is 2. The quantitative estimate of drug-likeness (QED) is 0.880. The van der Waals surface area contributed by atoms with Gasteiger partial charge in [-0.25, -0.2) is 4.39 Å². The highest BCUT2D eigenvalue weighted by Gasteiger charge is 2.28. The Morgan fingerprint density at radius 3 is 2.68 bits per heavy atom. The van der Waals surface area contributed by atoms with Crippen molar-refractivity contribution in [1.29, 1.82) is 0 Å². The molecule has 134 valence electrons.